The summed E-state index contributed by atoms with van der Waals surface area (Å²) >= 11 is 6.11. The standard InChI is InChI=1S/C16H26ClN3/c1-3-20-10-4-5-15(20)12-19(2)16-7-6-14(17)11-13(16)8-9-18/h6-7,11,15H,3-5,8-10,12,18H2,1-2H3. The summed E-state index contributed by atoms with van der Waals surface area (Å²) in [6.07, 6.45) is 3.50. The van der Waals surface area contributed by atoms with Crippen LogP contribution in [0.15, 0.2) is 18.2 Å². The van der Waals surface area contributed by atoms with Gasteiger partial charge in [-0.3, -0.25) is 4.90 Å². The molecule has 1 aromatic carbocycles. The number of halogens is 1. The molecule has 1 atom stereocenters. The van der Waals surface area contributed by atoms with Crippen molar-refractivity contribution in [2.45, 2.75) is 32.2 Å². The molecule has 112 valence electrons. The van der Waals surface area contributed by atoms with E-state index >= 15 is 0 Å². The number of rotatable bonds is 6. The van der Waals surface area contributed by atoms with Crippen LogP contribution in [0.2, 0.25) is 5.02 Å². The van der Waals surface area contributed by atoms with Crippen LogP contribution in [0, 0.1) is 0 Å². The lowest BCUT2D eigenvalue weighted by Crippen LogP contribution is -2.39. The Balaban J connectivity index is 2.10. The normalized spacial score (nSPS) is 19.5. The summed E-state index contributed by atoms with van der Waals surface area (Å²) in [7, 11) is 2.18. The summed E-state index contributed by atoms with van der Waals surface area (Å²) in [4.78, 5) is 4.94. The van der Waals surface area contributed by atoms with E-state index in [1.54, 1.807) is 0 Å². The minimum atomic E-state index is 0.658. The maximum Gasteiger partial charge on any atom is 0.0410 e. The highest BCUT2D eigenvalue weighted by Gasteiger charge is 2.24. The number of likely N-dealkylation sites (tertiary alicyclic amines) is 1. The number of hydrogen-bond acceptors (Lipinski definition) is 3. The average Bonchev–Trinajstić information content (AvgIpc) is 2.86. The fraction of sp³-hybridized carbons (Fsp3) is 0.625. The van der Waals surface area contributed by atoms with Crippen LogP contribution >= 0.6 is 11.6 Å². The van der Waals surface area contributed by atoms with Crippen LogP contribution in [0.25, 0.3) is 0 Å². The molecule has 20 heavy (non-hydrogen) atoms. The molecule has 0 aliphatic carbocycles. The number of benzene rings is 1. The van der Waals surface area contributed by atoms with E-state index in [0.29, 0.717) is 12.6 Å². The number of hydrogen-bond donors (Lipinski definition) is 1. The summed E-state index contributed by atoms with van der Waals surface area (Å²) in [5.41, 5.74) is 8.24. The molecule has 4 heteroatoms. The summed E-state index contributed by atoms with van der Waals surface area (Å²) in [5, 5.41) is 0.793. The molecule has 1 aliphatic rings. The Morgan fingerprint density at radius 1 is 1.45 bits per heavy atom. The van der Waals surface area contributed by atoms with E-state index in [-0.39, 0.29) is 0 Å². The van der Waals surface area contributed by atoms with E-state index in [1.165, 1.54) is 30.6 Å². The molecule has 1 heterocycles. The fourth-order valence-corrected chi connectivity index (χ4v) is 3.41. The van der Waals surface area contributed by atoms with Crippen molar-refractivity contribution in [3.63, 3.8) is 0 Å². The Kier molecular flexibility index (Phi) is 5.70. The third kappa shape index (κ3) is 3.66. The first-order valence-electron chi connectivity index (χ1n) is 7.59. The zero-order chi connectivity index (χ0) is 14.5. The smallest absolute Gasteiger partial charge is 0.0410 e. The highest BCUT2D eigenvalue weighted by atomic mass is 35.5. The van der Waals surface area contributed by atoms with Crippen molar-refractivity contribution in [2.24, 2.45) is 5.73 Å². The molecule has 1 fully saturated rings. The molecule has 0 aromatic heterocycles. The fourth-order valence-electron chi connectivity index (χ4n) is 3.21. The maximum atomic E-state index is 6.11. The van der Waals surface area contributed by atoms with E-state index in [2.05, 4.69) is 29.8 Å². The van der Waals surface area contributed by atoms with Crippen LogP contribution < -0.4 is 10.6 Å². The number of nitrogens with two attached hydrogens (primary N) is 1. The maximum absolute atomic E-state index is 6.11. The SMILES string of the molecule is CCN1CCCC1CN(C)c1ccc(Cl)cc1CCN. The predicted molar refractivity (Wildman–Crippen MR) is 87.7 cm³/mol. The second-order valence-electron chi connectivity index (χ2n) is 5.62. The largest absolute Gasteiger partial charge is 0.373 e. The third-order valence-electron chi connectivity index (χ3n) is 4.26. The second-order valence-corrected chi connectivity index (χ2v) is 6.05. The summed E-state index contributed by atoms with van der Waals surface area (Å²) in [6, 6.07) is 6.82. The van der Waals surface area contributed by atoms with Gasteiger partial charge in [-0.2, -0.15) is 0 Å². The molecule has 3 nitrogen and oxygen atoms in total. The number of nitrogens with zero attached hydrogens (tertiary/aromatic N) is 2. The Morgan fingerprint density at radius 3 is 2.95 bits per heavy atom. The van der Waals surface area contributed by atoms with E-state index in [0.717, 1.165) is 24.5 Å². The van der Waals surface area contributed by atoms with Gasteiger partial charge in [0.25, 0.3) is 0 Å². The molecule has 1 unspecified atom stereocenters. The van der Waals surface area contributed by atoms with Crippen LogP contribution in [0.4, 0.5) is 5.69 Å². The third-order valence-corrected chi connectivity index (χ3v) is 4.49. The highest BCUT2D eigenvalue weighted by Crippen LogP contribution is 2.26. The molecule has 0 bridgehead atoms. The Bertz CT molecular complexity index is 436. The zero-order valence-electron chi connectivity index (χ0n) is 12.6. The predicted octanol–water partition coefficient (Wildman–Crippen LogP) is 2.76. The van der Waals surface area contributed by atoms with Crippen molar-refractivity contribution in [3.8, 4) is 0 Å². The van der Waals surface area contributed by atoms with Crippen molar-refractivity contribution in [1.29, 1.82) is 0 Å². The van der Waals surface area contributed by atoms with Gasteiger partial charge in [0.05, 0.1) is 0 Å². The molecule has 0 radical (unpaired) electrons. The minimum Gasteiger partial charge on any atom is -0.373 e. The quantitative estimate of drug-likeness (QED) is 0.876. The summed E-state index contributed by atoms with van der Waals surface area (Å²) in [5.74, 6) is 0. The molecule has 0 saturated carbocycles. The van der Waals surface area contributed by atoms with Crippen molar-refractivity contribution in [3.05, 3.63) is 28.8 Å². The molecule has 0 amide bonds. The van der Waals surface area contributed by atoms with E-state index in [1.807, 2.05) is 12.1 Å². The van der Waals surface area contributed by atoms with Gasteiger partial charge in [-0.05, 0) is 62.7 Å². The van der Waals surface area contributed by atoms with Gasteiger partial charge in [0, 0.05) is 30.3 Å². The van der Waals surface area contributed by atoms with Gasteiger partial charge < -0.3 is 10.6 Å². The summed E-state index contributed by atoms with van der Waals surface area (Å²) < 4.78 is 0. The number of likely N-dealkylation sites (N-methyl/N-ethyl adjacent to an activating group) is 2. The van der Waals surface area contributed by atoms with Gasteiger partial charge in [0.2, 0.25) is 0 Å². The van der Waals surface area contributed by atoms with Gasteiger partial charge in [0.1, 0.15) is 0 Å². The lowest BCUT2D eigenvalue weighted by Gasteiger charge is -2.30. The molecule has 2 N–H and O–H groups in total. The Hall–Kier alpha value is -0.770. The topological polar surface area (TPSA) is 32.5 Å². The molecule has 1 aromatic rings. The van der Waals surface area contributed by atoms with Gasteiger partial charge in [-0.1, -0.05) is 18.5 Å². The monoisotopic (exact) mass is 295 g/mol. The molecular weight excluding hydrogens is 270 g/mol. The highest BCUT2D eigenvalue weighted by molar-refractivity contribution is 6.30. The van der Waals surface area contributed by atoms with Gasteiger partial charge in [-0.25, -0.2) is 0 Å². The lowest BCUT2D eigenvalue weighted by atomic mass is 10.1. The van der Waals surface area contributed by atoms with E-state index in [9.17, 15) is 0 Å². The van der Waals surface area contributed by atoms with Gasteiger partial charge in [-0.15, -0.1) is 0 Å². The van der Waals surface area contributed by atoms with E-state index in [4.69, 9.17) is 17.3 Å². The molecular formula is C16H26ClN3. The molecule has 0 spiro atoms. The van der Waals surface area contributed by atoms with Crippen molar-refractivity contribution in [2.75, 3.05) is 38.1 Å². The van der Waals surface area contributed by atoms with Crippen LogP contribution in [-0.4, -0.2) is 44.2 Å². The first-order valence-corrected chi connectivity index (χ1v) is 7.97. The number of anilines is 1. The van der Waals surface area contributed by atoms with E-state index < -0.39 is 0 Å². The second kappa shape index (κ2) is 7.30. The molecule has 2 rings (SSSR count). The van der Waals surface area contributed by atoms with Crippen LogP contribution in [0.1, 0.15) is 25.3 Å². The van der Waals surface area contributed by atoms with Gasteiger partial charge in [0.15, 0.2) is 0 Å². The van der Waals surface area contributed by atoms with Crippen molar-refractivity contribution < 1.29 is 0 Å². The van der Waals surface area contributed by atoms with Crippen molar-refractivity contribution >= 4 is 17.3 Å². The molecule has 1 saturated heterocycles. The summed E-state index contributed by atoms with van der Waals surface area (Å²) in [6.45, 7) is 6.37. The first kappa shape index (κ1) is 15.6. The van der Waals surface area contributed by atoms with Crippen LogP contribution in [-0.2, 0) is 6.42 Å². The van der Waals surface area contributed by atoms with Crippen molar-refractivity contribution in [1.82, 2.24) is 4.90 Å². The molecule has 1 aliphatic heterocycles. The Morgan fingerprint density at radius 2 is 2.25 bits per heavy atom. The lowest BCUT2D eigenvalue weighted by molar-refractivity contribution is 0.270. The average molecular weight is 296 g/mol. The van der Waals surface area contributed by atoms with Crippen LogP contribution in [0.5, 0.6) is 0 Å². The minimum absolute atomic E-state index is 0.658. The zero-order valence-corrected chi connectivity index (χ0v) is 13.4. The Labute approximate surface area is 127 Å². The first-order chi connectivity index (χ1) is 9.65. The van der Waals surface area contributed by atoms with Crippen LogP contribution in [0.3, 0.4) is 0 Å². The van der Waals surface area contributed by atoms with Gasteiger partial charge >= 0.3 is 0 Å².